The number of methoxy groups -OCH3 is 1. The fraction of sp³-hybridized carbons (Fsp3) is 0.407. The van der Waals surface area contributed by atoms with Crippen molar-refractivity contribution in [1.82, 2.24) is 30.1 Å². The number of piperidine rings is 1. The lowest BCUT2D eigenvalue weighted by atomic mass is 9.95. The molecule has 0 unspecified atom stereocenters. The van der Waals surface area contributed by atoms with E-state index in [0.29, 0.717) is 23.9 Å². The minimum atomic E-state index is -0.329. The highest BCUT2D eigenvalue weighted by molar-refractivity contribution is 5.80. The Labute approximate surface area is 204 Å². The van der Waals surface area contributed by atoms with Crippen LogP contribution in [0.3, 0.4) is 0 Å². The zero-order valence-electron chi connectivity index (χ0n) is 20.6. The van der Waals surface area contributed by atoms with E-state index in [9.17, 15) is 4.79 Å². The van der Waals surface area contributed by atoms with Gasteiger partial charge in [-0.05, 0) is 89.0 Å². The summed E-state index contributed by atoms with van der Waals surface area (Å²) < 4.78 is 7.10. The number of H-pyrrole nitrogens is 1. The van der Waals surface area contributed by atoms with Gasteiger partial charge in [0.25, 0.3) is 5.56 Å². The maximum Gasteiger partial charge on any atom is 0.253 e. The average molecular weight is 473 g/mol. The van der Waals surface area contributed by atoms with Gasteiger partial charge >= 0.3 is 0 Å². The molecule has 1 aliphatic rings. The zero-order valence-corrected chi connectivity index (χ0v) is 20.6. The topological polar surface area (TPSA) is 88.9 Å². The molecular weight excluding hydrogens is 440 g/mol. The first kappa shape index (κ1) is 23.2. The summed E-state index contributed by atoms with van der Waals surface area (Å²) >= 11 is 0. The van der Waals surface area contributed by atoms with Gasteiger partial charge < -0.3 is 9.72 Å². The Bertz CT molecular complexity index is 1360. The molecule has 0 amide bonds. The molecule has 2 atom stereocenters. The number of likely N-dealkylation sites (tertiary alicyclic amines) is 1. The molecule has 4 aromatic rings. The number of aryl methyl sites for hydroxylation is 1. The molecular formula is C27H32N6O2. The number of aromatic nitrogens is 5. The Balaban J connectivity index is 1.59. The van der Waals surface area contributed by atoms with Crippen LogP contribution in [-0.2, 0) is 13.0 Å². The number of benzene rings is 2. The molecule has 0 spiro atoms. The van der Waals surface area contributed by atoms with Gasteiger partial charge in [0, 0.05) is 17.6 Å². The van der Waals surface area contributed by atoms with E-state index in [0.717, 1.165) is 48.1 Å². The summed E-state index contributed by atoms with van der Waals surface area (Å²) in [5, 5.41) is 13.8. The molecule has 0 saturated carbocycles. The SMILES string of the molecule is CCc1ccc2[nH]c(=O)c([C@@H](c3nnnn3Cc3ccc(OC)cc3)N3CCC[C@H](C)C3)cc2c1. The first-order chi connectivity index (χ1) is 17.1. The molecule has 1 N–H and O–H groups in total. The molecule has 8 heteroatoms. The number of aromatic amines is 1. The van der Waals surface area contributed by atoms with Crippen molar-refractivity contribution in [3.05, 3.63) is 81.4 Å². The van der Waals surface area contributed by atoms with E-state index in [-0.39, 0.29) is 11.6 Å². The molecule has 1 aliphatic heterocycles. The van der Waals surface area contributed by atoms with E-state index < -0.39 is 0 Å². The van der Waals surface area contributed by atoms with Crippen molar-refractivity contribution in [2.45, 2.75) is 45.7 Å². The third-order valence-corrected chi connectivity index (χ3v) is 6.99. The third-order valence-electron chi connectivity index (χ3n) is 6.99. The average Bonchev–Trinajstić information content (AvgIpc) is 3.32. The lowest BCUT2D eigenvalue weighted by Crippen LogP contribution is -2.41. The van der Waals surface area contributed by atoms with Gasteiger partial charge in [0.05, 0.1) is 13.7 Å². The zero-order chi connectivity index (χ0) is 24.4. The monoisotopic (exact) mass is 472 g/mol. The second kappa shape index (κ2) is 10.00. The minimum Gasteiger partial charge on any atom is -0.497 e. The summed E-state index contributed by atoms with van der Waals surface area (Å²) in [4.78, 5) is 18.9. The van der Waals surface area contributed by atoms with Crippen LogP contribution < -0.4 is 10.3 Å². The van der Waals surface area contributed by atoms with Gasteiger partial charge in [-0.1, -0.05) is 32.0 Å². The highest BCUT2D eigenvalue weighted by Crippen LogP contribution is 2.31. The van der Waals surface area contributed by atoms with Gasteiger partial charge in [0.2, 0.25) is 0 Å². The van der Waals surface area contributed by atoms with Crippen LogP contribution in [0.5, 0.6) is 5.75 Å². The summed E-state index contributed by atoms with van der Waals surface area (Å²) in [6, 6.07) is 15.8. The number of tetrazole rings is 1. The predicted molar refractivity (Wildman–Crippen MR) is 136 cm³/mol. The Morgan fingerprint density at radius 3 is 2.69 bits per heavy atom. The van der Waals surface area contributed by atoms with Crippen molar-refractivity contribution >= 4 is 10.9 Å². The number of rotatable bonds is 7. The summed E-state index contributed by atoms with van der Waals surface area (Å²) in [6.45, 7) is 6.71. The number of hydrogen-bond acceptors (Lipinski definition) is 6. The molecule has 35 heavy (non-hydrogen) atoms. The molecule has 2 aromatic heterocycles. The summed E-state index contributed by atoms with van der Waals surface area (Å²) in [5.41, 5.74) is 3.74. The second-order valence-electron chi connectivity index (χ2n) is 9.52. The van der Waals surface area contributed by atoms with E-state index in [1.807, 2.05) is 41.1 Å². The van der Waals surface area contributed by atoms with Crippen molar-refractivity contribution in [2.75, 3.05) is 20.2 Å². The molecule has 1 saturated heterocycles. The fourth-order valence-corrected chi connectivity index (χ4v) is 5.08. The third kappa shape index (κ3) is 4.84. The number of pyridine rings is 1. The van der Waals surface area contributed by atoms with Crippen LogP contribution >= 0.6 is 0 Å². The van der Waals surface area contributed by atoms with Gasteiger partial charge in [-0.15, -0.1) is 5.10 Å². The molecule has 0 radical (unpaired) electrons. The van der Waals surface area contributed by atoms with Crippen LogP contribution in [0.2, 0.25) is 0 Å². The van der Waals surface area contributed by atoms with E-state index in [2.05, 4.69) is 51.4 Å². The largest absolute Gasteiger partial charge is 0.497 e. The molecule has 0 aliphatic carbocycles. The molecule has 5 rings (SSSR count). The van der Waals surface area contributed by atoms with E-state index in [4.69, 9.17) is 4.74 Å². The molecule has 8 nitrogen and oxygen atoms in total. The van der Waals surface area contributed by atoms with E-state index in [1.54, 1.807) is 7.11 Å². The maximum absolute atomic E-state index is 13.4. The Morgan fingerprint density at radius 2 is 1.94 bits per heavy atom. The minimum absolute atomic E-state index is 0.0935. The van der Waals surface area contributed by atoms with E-state index in [1.165, 1.54) is 12.0 Å². The molecule has 182 valence electrons. The first-order valence-corrected chi connectivity index (χ1v) is 12.3. The number of nitrogens with zero attached hydrogens (tertiary/aromatic N) is 5. The number of hydrogen-bond donors (Lipinski definition) is 1. The molecule has 1 fully saturated rings. The molecule has 3 heterocycles. The lowest BCUT2D eigenvalue weighted by molar-refractivity contribution is 0.141. The normalized spacial score (nSPS) is 17.5. The van der Waals surface area contributed by atoms with Crippen molar-refractivity contribution < 1.29 is 4.74 Å². The van der Waals surface area contributed by atoms with Gasteiger partial charge in [-0.2, -0.15) is 0 Å². The molecule has 0 bridgehead atoms. The Hall–Kier alpha value is -3.52. The number of nitrogens with one attached hydrogen (secondary N) is 1. The van der Waals surface area contributed by atoms with Crippen LogP contribution in [0.15, 0.2) is 53.3 Å². The highest BCUT2D eigenvalue weighted by Gasteiger charge is 2.32. The van der Waals surface area contributed by atoms with Gasteiger partial charge in [-0.3, -0.25) is 9.69 Å². The molecule has 2 aromatic carbocycles. The van der Waals surface area contributed by atoms with Crippen LogP contribution in [-0.4, -0.2) is 50.3 Å². The van der Waals surface area contributed by atoms with Crippen molar-refractivity contribution in [2.24, 2.45) is 5.92 Å². The Morgan fingerprint density at radius 1 is 1.14 bits per heavy atom. The smallest absolute Gasteiger partial charge is 0.253 e. The van der Waals surface area contributed by atoms with E-state index >= 15 is 0 Å². The van der Waals surface area contributed by atoms with Crippen LogP contribution in [0.25, 0.3) is 10.9 Å². The number of ether oxygens (including phenoxy) is 1. The van der Waals surface area contributed by atoms with Crippen LogP contribution in [0, 0.1) is 5.92 Å². The van der Waals surface area contributed by atoms with Gasteiger partial charge in [0.15, 0.2) is 5.82 Å². The number of fused-ring (bicyclic) bond motifs is 1. The maximum atomic E-state index is 13.4. The van der Waals surface area contributed by atoms with Crippen molar-refractivity contribution in [1.29, 1.82) is 0 Å². The first-order valence-electron chi connectivity index (χ1n) is 12.3. The fourth-order valence-electron chi connectivity index (χ4n) is 5.08. The van der Waals surface area contributed by atoms with Crippen LogP contribution in [0.1, 0.15) is 55.2 Å². The standard InChI is InChI=1S/C27H32N6O2/c1-4-19-9-12-24-21(14-19)15-23(27(34)28-24)25(32-13-5-6-18(2)16-32)26-29-30-31-33(26)17-20-7-10-22(35-3)11-8-20/h7-12,14-15,18,25H,4-6,13,16-17H2,1-3H3,(H,28,34)/t18-,25-/m0/s1. The van der Waals surface area contributed by atoms with Gasteiger partial charge in [0.1, 0.15) is 11.8 Å². The Kier molecular flexibility index (Phi) is 6.63. The van der Waals surface area contributed by atoms with Gasteiger partial charge in [-0.25, -0.2) is 4.68 Å². The van der Waals surface area contributed by atoms with Crippen LogP contribution in [0.4, 0.5) is 0 Å². The summed E-state index contributed by atoms with van der Waals surface area (Å²) in [5.74, 6) is 2.04. The van der Waals surface area contributed by atoms with Crippen molar-refractivity contribution in [3.8, 4) is 5.75 Å². The quantitative estimate of drug-likeness (QED) is 0.438. The summed E-state index contributed by atoms with van der Waals surface area (Å²) in [6.07, 6.45) is 3.22. The van der Waals surface area contributed by atoms with Crippen molar-refractivity contribution in [3.63, 3.8) is 0 Å². The predicted octanol–water partition coefficient (Wildman–Crippen LogP) is 3.96. The summed E-state index contributed by atoms with van der Waals surface area (Å²) in [7, 11) is 1.66. The highest BCUT2D eigenvalue weighted by atomic mass is 16.5. The second-order valence-corrected chi connectivity index (χ2v) is 9.52. The lowest BCUT2D eigenvalue weighted by Gasteiger charge is -2.36.